The number of carboxylic acids is 1. The molecule has 0 aromatic heterocycles. The van der Waals surface area contributed by atoms with Crippen LogP contribution in [0.5, 0.6) is 5.75 Å². The zero-order valence-electron chi connectivity index (χ0n) is 10.3. The number of nitrogens with zero attached hydrogens (tertiary/aromatic N) is 1. The van der Waals surface area contributed by atoms with Crippen LogP contribution in [-0.4, -0.2) is 22.1 Å². The van der Waals surface area contributed by atoms with Crippen molar-refractivity contribution in [2.24, 2.45) is 0 Å². The van der Waals surface area contributed by atoms with Crippen molar-refractivity contribution in [1.82, 2.24) is 0 Å². The van der Waals surface area contributed by atoms with E-state index in [2.05, 4.69) is 15.9 Å². The van der Waals surface area contributed by atoms with E-state index in [0.717, 1.165) is 6.42 Å². The van der Waals surface area contributed by atoms with Crippen molar-refractivity contribution in [3.05, 3.63) is 32.8 Å². The Bertz CT molecular complexity index is 477. The Morgan fingerprint density at radius 3 is 2.79 bits per heavy atom. The van der Waals surface area contributed by atoms with Gasteiger partial charge >= 0.3 is 5.97 Å². The molecule has 19 heavy (non-hydrogen) atoms. The molecule has 1 N–H and O–H groups in total. The predicted octanol–water partition coefficient (Wildman–Crippen LogP) is 3.38. The number of hydrogen-bond acceptors (Lipinski definition) is 4. The van der Waals surface area contributed by atoms with E-state index in [1.165, 1.54) is 18.2 Å². The standard InChI is InChI=1S/C12H14BrNO5/c1-2-3-4-10(12(15)16)19-11-7-8(14(17)18)5-6-9(11)13/h5-7,10H,2-4H2,1H3,(H,15,16). The summed E-state index contributed by atoms with van der Waals surface area (Å²) >= 11 is 3.18. The van der Waals surface area contributed by atoms with E-state index >= 15 is 0 Å². The van der Waals surface area contributed by atoms with Crippen molar-refractivity contribution in [1.29, 1.82) is 0 Å². The zero-order valence-corrected chi connectivity index (χ0v) is 11.9. The number of halogens is 1. The Morgan fingerprint density at radius 2 is 2.26 bits per heavy atom. The molecule has 104 valence electrons. The van der Waals surface area contributed by atoms with E-state index in [4.69, 9.17) is 9.84 Å². The third-order valence-corrected chi connectivity index (χ3v) is 3.15. The molecule has 1 aromatic rings. The highest BCUT2D eigenvalue weighted by Gasteiger charge is 2.21. The number of benzene rings is 1. The minimum Gasteiger partial charge on any atom is -0.479 e. The van der Waals surface area contributed by atoms with Crippen LogP contribution < -0.4 is 4.74 Å². The highest BCUT2D eigenvalue weighted by molar-refractivity contribution is 9.10. The van der Waals surface area contributed by atoms with E-state index in [0.29, 0.717) is 17.3 Å². The molecular weight excluding hydrogens is 318 g/mol. The molecule has 1 atom stereocenters. The van der Waals surface area contributed by atoms with E-state index in [1.807, 2.05) is 6.92 Å². The largest absolute Gasteiger partial charge is 0.479 e. The number of rotatable bonds is 7. The van der Waals surface area contributed by atoms with E-state index < -0.39 is 17.0 Å². The molecule has 0 amide bonds. The van der Waals surface area contributed by atoms with Gasteiger partial charge in [-0.15, -0.1) is 0 Å². The van der Waals surface area contributed by atoms with Gasteiger partial charge in [0.05, 0.1) is 15.5 Å². The normalized spacial score (nSPS) is 11.9. The smallest absolute Gasteiger partial charge is 0.344 e. The minimum atomic E-state index is -1.08. The van der Waals surface area contributed by atoms with Crippen molar-refractivity contribution in [3.8, 4) is 5.75 Å². The summed E-state index contributed by atoms with van der Waals surface area (Å²) in [5.41, 5.74) is -0.141. The van der Waals surface area contributed by atoms with Crippen LogP contribution in [0.4, 0.5) is 5.69 Å². The Balaban J connectivity index is 2.91. The van der Waals surface area contributed by atoms with Crippen molar-refractivity contribution < 1.29 is 19.6 Å². The molecule has 0 heterocycles. The number of carboxylic acid groups (broad SMARTS) is 1. The van der Waals surface area contributed by atoms with Gasteiger partial charge in [-0.3, -0.25) is 10.1 Å². The van der Waals surface area contributed by atoms with Gasteiger partial charge in [-0.05, 0) is 34.8 Å². The highest BCUT2D eigenvalue weighted by atomic mass is 79.9. The first-order chi connectivity index (χ1) is 8.95. The molecule has 0 aliphatic heterocycles. The summed E-state index contributed by atoms with van der Waals surface area (Å²) in [7, 11) is 0. The summed E-state index contributed by atoms with van der Waals surface area (Å²) < 4.78 is 5.84. The maximum absolute atomic E-state index is 11.1. The topological polar surface area (TPSA) is 89.7 Å². The molecular formula is C12H14BrNO5. The lowest BCUT2D eigenvalue weighted by molar-refractivity contribution is -0.385. The molecule has 1 rings (SSSR count). The molecule has 0 fully saturated rings. The summed E-state index contributed by atoms with van der Waals surface area (Å²) in [5, 5.41) is 19.7. The van der Waals surface area contributed by atoms with Gasteiger partial charge in [0.1, 0.15) is 5.75 Å². The molecule has 0 bridgehead atoms. The fourth-order valence-electron chi connectivity index (χ4n) is 1.47. The number of nitro groups is 1. The summed E-state index contributed by atoms with van der Waals surface area (Å²) in [6, 6.07) is 4.00. The van der Waals surface area contributed by atoms with Crippen LogP contribution in [0, 0.1) is 10.1 Å². The third-order valence-electron chi connectivity index (χ3n) is 2.49. The molecule has 0 spiro atoms. The average molecular weight is 332 g/mol. The molecule has 6 nitrogen and oxygen atoms in total. The van der Waals surface area contributed by atoms with Crippen LogP contribution in [-0.2, 0) is 4.79 Å². The minimum absolute atomic E-state index is 0.141. The number of nitro benzene ring substituents is 1. The Hall–Kier alpha value is -1.63. The quantitative estimate of drug-likeness (QED) is 0.611. The summed E-state index contributed by atoms with van der Waals surface area (Å²) in [6.07, 6.45) is 0.923. The molecule has 0 saturated heterocycles. The van der Waals surface area contributed by atoms with Gasteiger partial charge in [-0.25, -0.2) is 4.79 Å². The van der Waals surface area contributed by atoms with Gasteiger partial charge < -0.3 is 9.84 Å². The number of aliphatic carboxylic acids is 1. The van der Waals surface area contributed by atoms with Crippen LogP contribution in [0.25, 0.3) is 0 Å². The van der Waals surface area contributed by atoms with Crippen LogP contribution in [0.15, 0.2) is 22.7 Å². The molecule has 1 unspecified atom stereocenters. The molecule has 0 aliphatic carbocycles. The molecule has 0 saturated carbocycles. The van der Waals surface area contributed by atoms with Gasteiger partial charge in [0.2, 0.25) is 0 Å². The maximum atomic E-state index is 11.1. The van der Waals surface area contributed by atoms with Gasteiger partial charge in [0.25, 0.3) is 5.69 Å². The van der Waals surface area contributed by atoms with E-state index in [9.17, 15) is 14.9 Å². The second-order valence-electron chi connectivity index (χ2n) is 3.96. The van der Waals surface area contributed by atoms with E-state index in [1.54, 1.807) is 0 Å². The SMILES string of the molecule is CCCCC(Oc1cc([N+](=O)[O-])ccc1Br)C(=O)O. The lowest BCUT2D eigenvalue weighted by atomic mass is 10.1. The first-order valence-electron chi connectivity index (χ1n) is 5.79. The molecule has 7 heteroatoms. The van der Waals surface area contributed by atoms with Gasteiger partial charge in [0, 0.05) is 6.07 Å². The summed E-state index contributed by atoms with van der Waals surface area (Å²) in [6.45, 7) is 1.95. The first-order valence-corrected chi connectivity index (χ1v) is 6.58. The second-order valence-corrected chi connectivity index (χ2v) is 4.81. The van der Waals surface area contributed by atoms with Crippen molar-refractivity contribution in [3.63, 3.8) is 0 Å². The van der Waals surface area contributed by atoms with Gasteiger partial charge in [-0.1, -0.05) is 13.3 Å². The van der Waals surface area contributed by atoms with Crippen molar-refractivity contribution >= 4 is 27.6 Å². The maximum Gasteiger partial charge on any atom is 0.344 e. The number of hydrogen-bond donors (Lipinski definition) is 1. The Kier molecular flexibility index (Phi) is 5.75. The summed E-state index contributed by atoms with van der Waals surface area (Å²) in [5.74, 6) is -0.912. The van der Waals surface area contributed by atoms with Crippen LogP contribution in [0.1, 0.15) is 26.2 Å². The fourth-order valence-corrected chi connectivity index (χ4v) is 1.81. The van der Waals surface area contributed by atoms with Crippen molar-refractivity contribution in [2.45, 2.75) is 32.3 Å². The van der Waals surface area contributed by atoms with Crippen LogP contribution in [0.2, 0.25) is 0 Å². The molecule has 0 aliphatic rings. The summed E-state index contributed by atoms with van der Waals surface area (Å²) in [4.78, 5) is 21.2. The first kappa shape index (κ1) is 15.4. The van der Waals surface area contributed by atoms with Gasteiger partial charge in [-0.2, -0.15) is 0 Å². The number of unbranched alkanes of at least 4 members (excludes halogenated alkanes) is 1. The fraction of sp³-hybridized carbons (Fsp3) is 0.417. The zero-order chi connectivity index (χ0) is 14.4. The second kappa shape index (κ2) is 7.08. The van der Waals surface area contributed by atoms with Gasteiger partial charge in [0.15, 0.2) is 6.10 Å². The molecule has 1 aromatic carbocycles. The van der Waals surface area contributed by atoms with E-state index in [-0.39, 0.29) is 11.4 Å². The Labute approximate surface area is 118 Å². The predicted molar refractivity (Wildman–Crippen MR) is 72.4 cm³/mol. The van der Waals surface area contributed by atoms with Crippen molar-refractivity contribution in [2.75, 3.05) is 0 Å². The number of non-ortho nitro benzene ring substituents is 1. The number of ether oxygens (including phenoxy) is 1. The lowest BCUT2D eigenvalue weighted by Gasteiger charge is -2.15. The third kappa shape index (κ3) is 4.51. The Morgan fingerprint density at radius 1 is 1.58 bits per heavy atom. The monoisotopic (exact) mass is 331 g/mol. The van der Waals surface area contributed by atoms with Crippen LogP contribution >= 0.6 is 15.9 Å². The lowest BCUT2D eigenvalue weighted by Crippen LogP contribution is -2.27. The van der Waals surface area contributed by atoms with Crippen LogP contribution in [0.3, 0.4) is 0 Å². The highest BCUT2D eigenvalue weighted by Crippen LogP contribution is 2.30. The number of carbonyl (C=O) groups is 1. The molecule has 0 radical (unpaired) electrons. The average Bonchev–Trinajstić information content (AvgIpc) is 2.35.